The minimum atomic E-state index is -1.09. The van der Waals surface area contributed by atoms with E-state index in [-0.39, 0.29) is 23.3 Å². The molecule has 4 rings (SSSR count). The third kappa shape index (κ3) is 3.70. The predicted molar refractivity (Wildman–Crippen MR) is 100 cm³/mol. The van der Waals surface area contributed by atoms with E-state index >= 15 is 0 Å². The van der Waals surface area contributed by atoms with E-state index < -0.39 is 29.4 Å². The number of nitrogens with one attached hydrogen (secondary N) is 2. The standard InChI is InChI=1S/C21H18F3N3O2/c1-11-18(20(28)25-14-5-8-16(23)17(24)10-14)19(12-3-2-4-13(22)9-12)26-21(29)27(11)15-6-7-15/h2-5,8-10,15,19H,6-7H2,1H3,(H,25,28)(H,26,29). The van der Waals surface area contributed by atoms with Gasteiger partial charge < -0.3 is 10.6 Å². The predicted octanol–water partition coefficient (Wildman–Crippen LogP) is 4.25. The van der Waals surface area contributed by atoms with Gasteiger partial charge >= 0.3 is 6.03 Å². The minimum Gasteiger partial charge on any atom is -0.326 e. The maximum Gasteiger partial charge on any atom is 0.322 e. The van der Waals surface area contributed by atoms with Crippen molar-refractivity contribution in [2.24, 2.45) is 0 Å². The molecule has 2 N–H and O–H groups in total. The lowest BCUT2D eigenvalue weighted by atomic mass is 9.94. The number of halogens is 3. The molecular formula is C21H18F3N3O2. The molecule has 1 unspecified atom stereocenters. The third-order valence-electron chi connectivity index (χ3n) is 5.04. The summed E-state index contributed by atoms with van der Waals surface area (Å²) in [6.45, 7) is 1.66. The van der Waals surface area contributed by atoms with Gasteiger partial charge in [-0.2, -0.15) is 0 Å². The Morgan fingerprint density at radius 3 is 2.52 bits per heavy atom. The smallest absolute Gasteiger partial charge is 0.322 e. The minimum absolute atomic E-state index is 0.00882. The first-order valence-electron chi connectivity index (χ1n) is 9.17. The van der Waals surface area contributed by atoms with Gasteiger partial charge in [-0.1, -0.05) is 12.1 Å². The topological polar surface area (TPSA) is 61.4 Å². The van der Waals surface area contributed by atoms with Gasteiger partial charge in [0, 0.05) is 23.5 Å². The summed E-state index contributed by atoms with van der Waals surface area (Å²) in [5.41, 5.74) is 1.14. The number of hydrogen-bond acceptors (Lipinski definition) is 2. The zero-order valence-electron chi connectivity index (χ0n) is 15.5. The highest BCUT2D eigenvalue weighted by atomic mass is 19.2. The molecule has 1 aliphatic heterocycles. The zero-order valence-corrected chi connectivity index (χ0v) is 15.5. The molecule has 0 aromatic heterocycles. The third-order valence-corrected chi connectivity index (χ3v) is 5.04. The number of urea groups is 1. The SMILES string of the molecule is CC1=C(C(=O)Nc2ccc(F)c(F)c2)C(c2cccc(F)c2)NC(=O)N1C1CC1. The van der Waals surface area contributed by atoms with Crippen LogP contribution in [-0.2, 0) is 4.79 Å². The molecule has 1 saturated carbocycles. The van der Waals surface area contributed by atoms with Crippen LogP contribution in [0.15, 0.2) is 53.7 Å². The number of nitrogens with zero attached hydrogens (tertiary/aromatic N) is 1. The number of hydrogen-bond donors (Lipinski definition) is 2. The number of benzene rings is 2. The van der Waals surface area contributed by atoms with Crippen LogP contribution in [0.3, 0.4) is 0 Å². The Morgan fingerprint density at radius 2 is 1.86 bits per heavy atom. The van der Waals surface area contributed by atoms with Gasteiger partial charge in [-0.05, 0) is 49.6 Å². The molecule has 1 atom stereocenters. The Balaban J connectivity index is 1.74. The lowest BCUT2D eigenvalue weighted by Gasteiger charge is -2.36. The molecule has 0 saturated heterocycles. The fourth-order valence-electron chi connectivity index (χ4n) is 3.53. The first-order valence-corrected chi connectivity index (χ1v) is 9.17. The Bertz CT molecular complexity index is 1030. The van der Waals surface area contributed by atoms with Crippen LogP contribution in [0, 0.1) is 17.5 Å². The molecule has 2 aromatic carbocycles. The van der Waals surface area contributed by atoms with Crippen LogP contribution < -0.4 is 10.6 Å². The Kier molecular flexibility index (Phi) is 4.77. The summed E-state index contributed by atoms with van der Waals surface area (Å²) in [6.07, 6.45) is 1.65. The van der Waals surface area contributed by atoms with Crippen molar-refractivity contribution in [3.05, 3.63) is 76.7 Å². The average Bonchev–Trinajstić information content (AvgIpc) is 3.49. The van der Waals surface area contributed by atoms with E-state index in [1.165, 1.54) is 29.2 Å². The van der Waals surface area contributed by atoms with Gasteiger partial charge in [0.2, 0.25) is 0 Å². The van der Waals surface area contributed by atoms with Crippen molar-refractivity contribution in [1.82, 2.24) is 10.2 Å². The molecule has 1 heterocycles. The summed E-state index contributed by atoms with van der Waals surface area (Å²) in [5.74, 6) is -3.21. The summed E-state index contributed by atoms with van der Waals surface area (Å²) < 4.78 is 40.5. The lowest BCUT2D eigenvalue weighted by molar-refractivity contribution is -0.113. The van der Waals surface area contributed by atoms with Gasteiger partial charge in [-0.3, -0.25) is 9.69 Å². The van der Waals surface area contributed by atoms with Gasteiger partial charge in [0.05, 0.1) is 11.6 Å². The van der Waals surface area contributed by atoms with E-state index in [4.69, 9.17) is 0 Å². The van der Waals surface area contributed by atoms with Crippen molar-refractivity contribution in [1.29, 1.82) is 0 Å². The van der Waals surface area contributed by atoms with Crippen molar-refractivity contribution >= 4 is 17.6 Å². The molecule has 29 heavy (non-hydrogen) atoms. The molecular weight excluding hydrogens is 383 g/mol. The molecule has 0 bridgehead atoms. The summed E-state index contributed by atoms with van der Waals surface area (Å²) in [4.78, 5) is 27.2. The van der Waals surface area contributed by atoms with E-state index in [2.05, 4.69) is 10.6 Å². The first kappa shape index (κ1) is 19.0. The first-order chi connectivity index (χ1) is 13.8. The molecule has 0 spiro atoms. The van der Waals surface area contributed by atoms with Gasteiger partial charge in [0.15, 0.2) is 11.6 Å². The second-order valence-corrected chi connectivity index (χ2v) is 7.12. The molecule has 150 valence electrons. The van der Waals surface area contributed by atoms with Crippen LogP contribution in [0.5, 0.6) is 0 Å². The van der Waals surface area contributed by atoms with Crippen LogP contribution in [0.2, 0.25) is 0 Å². The van der Waals surface area contributed by atoms with Crippen molar-refractivity contribution < 1.29 is 22.8 Å². The second-order valence-electron chi connectivity index (χ2n) is 7.12. The van der Waals surface area contributed by atoms with E-state index in [0.717, 1.165) is 25.0 Å². The molecule has 2 aromatic rings. The molecule has 0 radical (unpaired) electrons. The normalized spacial score (nSPS) is 19.2. The molecule has 1 aliphatic carbocycles. The number of carbonyl (C=O) groups excluding carboxylic acids is 2. The average molecular weight is 401 g/mol. The van der Waals surface area contributed by atoms with E-state index in [9.17, 15) is 22.8 Å². The molecule has 5 nitrogen and oxygen atoms in total. The van der Waals surface area contributed by atoms with Crippen molar-refractivity contribution in [2.75, 3.05) is 5.32 Å². The number of rotatable bonds is 4. The highest BCUT2D eigenvalue weighted by Gasteiger charge is 2.42. The zero-order chi connectivity index (χ0) is 20.7. The van der Waals surface area contributed by atoms with Crippen LogP contribution in [0.1, 0.15) is 31.4 Å². The Morgan fingerprint density at radius 1 is 1.10 bits per heavy atom. The maximum atomic E-state index is 13.8. The highest BCUT2D eigenvalue weighted by Crippen LogP contribution is 2.38. The second kappa shape index (κ2) is 7.27. The fraction of sp³-hybridized carbons (Fsp3) is 0.238. The molecule has 1 fully saturated rings. The Labute approximate surface area is 165 Å². The number of amides is 3. The number of carbonyl (C=O) groups is 2. The molecule has 3 amide bonds. The fourth-order valence-corrected chi connectivity index (χ4v) is 3.53. The Hall–Kier alpha value is -3.29. The number of allylic oxidation sites excluding steroid dienone is 1. The van der Waals surface area contributed by atoms with Crippen LogP contribution >= 0.6 is 0 Å². The maximum absolute atomic E-state index is 13.8. The highest BCUT2D eigenvalue weighted by molar-refractivity contribution is 6.06. The molecule has 2 aliphatic rings. The summed E-state index contributed by atoms with van der Waals surface area (Å²) >= 11 is 0. The van der Waals surface area contributed by atoms with Crippen molar-refractivity contribution in [3.8, 4) is 0 Å². The van der Waals surface area contributed by atoms with E-state index in [0.29, 0.717) is 11.3 Å². The summed E-state index contributed by atoms with van der Waals surface area (Å²) in [7, 11) is 0. The van der Waals surface area contributed by atoms with Gasteiger partial charge in [0.25, 0.3) is 5.91 Å². The van der Waals surface area contributed by atoms with Crippen molar-refractivity contribution in [2.45, 2.75) is 31.8 Å². The number of anilines is 1. The lowest BCUT2D eigenvalue weighted by Crippen LogP contribution is -2.49. The summed E-state index contributed by atoms with van der Waals surface area (Å²) in [5, 5.41) is 5.31. The monoisotopic (exact) mass is 401 g/mol. The van der Waals surface area contributed by atoms with Crippen LogP contribution in [0.25, 0.3) is 0 Å². The largest absolute Gasteiger partial charge is 0.326 e. The van der Waals surface area contributed by atoms with Crippen LogP contribution in [0.4, 0.5) is 23.7 Å². The van der Waals surface area contributed by atoms with Gasteiger partial charge in [-0.25, -0.2) is 18.0 Å². The van der Waals surface area contributed by atoms with Crippen LogP contribution in [-0.4, -0.2) is 22.9 Å². The van der Waals surface area contributed by atoms with E-state index in [1.807, 2.05) is 0 Å². The van der Waals surface area contributed by atoms with Gasteiger partial charge in [0.1, 0.15) is 5.82 Å². The summed E-state index contributed by atoms with van der Waals surface area (Å²) in [6, 6.07) is 7.41. The van der Waals surface area contributed by atoms with Crippen molar-refractivity contribution in [3.63, 3.8) is 0 Å². The molecule has 8 heteroatoms. The van der Waals surface area contributed by atoms with Gasteiger partial charge in [-0.15, -0.1) is 0 Å². The quantitative estimate of drug-likeness (QED) is 0.805. The van der Waals surface area contributed by atoms with E-state index in [1.54, 1.807) is 13.0 Å².